The lowest BCUT2D eigenvalue weighted by Gasteiger charge is -2.47. The third-order valence-corrected chi connectivity index (χ3v) is 5.35. The second kappa shape index (κ2) is 8.06. The summed E-state index contributed by atoms with van der Waals surface area (Å²) in [7, 11) is 0. The number of thioether (sulfide) groups is 1. The average molecular weight is 312 g/mol. The Balaban J connectivity index is 1.97. The summed E-state index contributed by atoms with van der Waals surface area (Å²) in [6, 6.07) is -0.382. The van der Waals surface area contributed by atoms with Gasteiger partial charge in [0.05, 0.1) is 0 Å². The van der Waals surface area contributed by atoms with Crippen molar-refractivity contribution in [3.05, 3.63) is 0 Å². The van der Waals surface area contributed by atoms with Crippen LogP contribution in [0.2, 0.25) is 0 Å². The number of rotatable bonds is 7. The minimum atomic E-state index is -0.215. The van der Waals surface area contributed by atoms with Gasteiger partial charge in [-0.25, -0.2) is 0 Å². The molecule has 2 fully saturated rings. The maximum absolute atomic E-state index is 12.7. The molecule has 0 saturated carbocycles. The molecule has 120 valence electrons. The summed E-state index contributed by atoms with van der Waals surface area (Å²) in [5, 5.41) is 0. The van der Waals surface area contributed by atoms with Crippen LogP contribution in [-0.4, -0.2) is 58.8 Å². The van der Waals surface area contributed by atoms with Gasteiger partial charge in [-0.3, -0.25) is 9.59 Å². The van der Waals surface area contributed by atoms with E-state index in [-0.39, 0.29) is 23.9 Å². The van der Waals surface area contributed by atoms with Crippen molar-refractivity contribution in [3.8, 4) is 0 Å². The van der Waals surface area contributed by atoms with Gasteiger partial charge in [-0.15, -0.1) is 0 Å². The molecule has 4 nitrogen and oxygen atoms in total. The van der Waals surface area contributed by atoms with E-state index < -0.39 is 0 Å². The summed E-state index contributed by atoms with van der Waals surface area (Å²) in [6.45, 7) is 3.54. The molecule has 2 heterocycles. The van der Waals surface area contributed by atoms with Gasteiger partial charge in [0.2, 0.25) is 11.8 Å². The van der Waals surface area contributed by atoms with Crippen molar-refractivity contribution in [2.24, 2.45) is 0 Å². The molecular weight excluding hydrogens is 284 g/mol. The van der Waals surface area contributed by atoms with E-state index in [1.54, 1.807) is 0 Å². The number of hydrogen-bond acceptors (Lipinski definition) is 3. The minimum absolute atomic E-state index is 0.166. The normalized spacial score (nSPS) is 26.2. The highest BCUT2D eigenvalue weighted by Gasteiger charge is 2.45. The first kappa shape index (κ1) is 16.7. The number of amides is 2. The van der Waals surface area contributed by atoms with E-state index in [0.717, 1.165) is 51.6 Å². The Hall–Kier alpha value is -0.710. The number of carbonyl (C=O) groups is 2. The smallest absolute Gasteiger partial charge is 0.246 e. The van der Waals surface area contributed by atoms with Crippen LogP contribution in [0.15, 0.2) is 0 Å². The van der Waals surface area contributed by atoms with Gasteiger partial charge in [-0.2, -0.15) is 11.8 Å². The Kier molecular flexibility index (Phi) is 6.40. The Labute approximate surface area is 132 Å². The second-order valence-corrected chi connectivity index (χ2v) is 7.04. The Morgan fingerprint density at radius 1 is 1.14 bits per heavy atom. The van der Waals surface area contributed by atoms with Crippen LogP contribution in [0.3, 0.4) is 0 Å². The molecule has 2 rings (SSSR count). The lowest BCUT2D eigenvalue weighted by molar-refractivity contribution is -0.164. The lowest BCUT2D eigenvalue weighted by atomic mass is 9.94. The summed E-state index contributed by atoms with van der Waals surface area (Å²) in [5.41, 5.74) is 0. The van der Waals surface area contributed by atoms with Gasteiger partial charge in [0.25, 0.3) is 0 Å². The number of hydrogen-bond donors (Lipinski definition) is 0. The standard InChI is InChI=1S/C16H28N2O2S/c1-3-13-15(19)18-11-7-5-9-14(18)16(20)17(13)10-6-4-8-12-21-2/h13-14H,3-12H2,1-2H3. The number of piperazine rings is 1. The predicted octanol–water partition coefficient (Wildman–Crippen LogP) is 2.52. The van der Waals surface area contributed by atoms with Crippen molar-refractivity contribution < 1.29 is 9.59 Å². The number of fused-ring (bicyclic) bond motifs is 1. The van der Waals surface area contributed by atoms with Crippen LogP contribution in [0.5, 0.6) is 0 Å². The lowest BCUT2D eigenvalue weighted by Crippen LogP contribution is -2.65. The first-order chi connectivity index (χ1) is 10.2. The molecule has 2 aliphatic heterocycles. The van der Waals surface area contributed by atoms with Gasteiger partial charge < -0.3 is 9.80 Å². The molecule has 0 aromatic rings. The monoisotopic (exact) mass is 312 g/mol. The van der Waals surface area contributed by atoms with Gasteiger partial charge in [0.1, 0.15) is 12.1 Å². The second-order valence-electron chi connectivity index (χ2n) is 6.05. The highest BCUT2D eigenvalue weighted by Crippen LogP contribution is 2.27. The molecule has 0 bridgehead atoms. The van der Waals surface area contributed by atoms with E-state index >= 15 is 0 Å². The molecule has 0 aromatic carbocycles. The van der Waals surface area contributed by atoms with Crippen molar-refractivity contribution >= 4 is 23.6 Å². The molecule has 0 spiro atoms. The first-order valence-electron chi connectivity index (χ1n) is 8.30. The van der Waals surface area contributed by atoms with E-state index in [0.29, 0.717) is 0 Å². The van der Waals surface area contributed by atoms with Crippen LogP contribution in [-0.2, 0) is 9.59 Å². The van der Waals surface area contributed by atoms with Crippen LogP contribution in [0, 0.1) is 0 Å². The highest BCUT2D eigenvalue weighted by atomic mass is 32.2. The average Bonchev–Trinajstić information content (AvgIpc) is 2.52. The van der Waals surface area contributed by atoms with Crippen molar-refractivity contribution in [1.82, 2.24) is 9.80 Å². The molecule has 0 aromatic heterocycles. The molecule has 2 aliphatic rings. The SMILES string of the molecule is CCC1C(=O)N2CCCCC2C(=O)N1CCCCCSC. The summed E-state index contributed by atoms with van der Waals surface area (Å²) in [5.74, 6) is 1.57. The van der Waals surface area contributed by atoms with Gasteiger partial charge in [-0.05, 0) is 50.5 Å². The summed E-state index contributed by atoms with van der Waals surface area (Å²) < 4.78 is 0. The van der Waals surface area contributed by atoms with E-state index in [1.807, 2.05) is 28.5 Å². The number of nitrogens with zero attached hydrogens (tertiary/aromatic N) is 2. The number of unbranched alkanes of at least 4 members (excludes halogenated alkanes) is 2. The Bertz CT molecular complexity index is 375. The van der Waals surface area contributed by atoms with Gasteiger partial charge in [0.15, 0.2) is 0 Å². The zero-order valence-corrected chi connectivity index (χ0v) is 14.2. The molecular formula is C16H28N2O2S. The van der Waals surface area contributed by atoms with Crippen LogP contribution >= 0.6 is 11.8 Å². The van der Waals surface area contributed by atoms with Crippen LogP contribution < -0.4 is 0 Å². The van der Waals surface area contributed by atoms with E-state index in [1.165, 1.54) is 12.2 Å². The maximum Gasteiger partial charge on any atom is 0.246 e. The van der Waals surface area contributed by atoms with E-state index in [2.05, 4.69) is 6.26 Å². The van der Waals surface area contributed by atoms with Crippen molar-refractivity contribution in [3.63, 3.8) is 0 Å². The van der Waals surface area contributed by atoms with Gasteiger partial charge in [0, 0.05) is 13.1 Å². The fourth-order valence-corrected chi connectivity index (χ4v) is 3.98. The molecule has 5 heteroatoms. The first-order valence-corrected chi connectivity index (χ1v) is 9.70. The molecule has 2 saturated heterocycles. The number of carbonyl (C=O) groups excluding carboxylic acids is 2. The van der Waals surface area contributed by atoms with Crippen LogP contribution in [0.1, 0.15) is 51.9 Å². The molecule has 2 atom stereocenters. The molecule has 2 amide bonds. The quantitative estimate of drug-likeness (QED) is 0.678. The van der Waals surface area contributed by atoms with Crippen molar-refractivity contribution in [1.29, 1.82) is 0 Å². The minimum Gasteiger partial charge on any atom is -0.329 e. The van der Waals surface area contributed by atoms with Crippen molar-refractivity contribution in [2.75, 3.05) is 25.1 Å². The third kappa shape index (κ3) is 3.74. The van der Waals surface area contributed by atoms with Gasteiger partial charge in [-0.1, -0.05) is 13.3 Å². The topological polar surface area (TPSA) is 40.6 Å². The maximum atomic E-state index is 12.7. The zero-order chi connectivity index (χ0) is 15.2. The van der Waals surface area contributed by atoms with E-state index in [9.17, 15) is 9.59 Å². The molecule has 2 unspecified atom stereocenters. The summed E-state index contributed by atoms with van der Waals surface area (Å²) in [4.78, 5) is 29.1. The predicted molar refractivity (Wildman–Crippen MR) is 87.4 cm³/mol. The summed E-state index contributed by atoms with van der Waals surface area (Å²) in [6.07, 6.45) is 9.18. The van der Waals surface area contributed by atoms with E-state index in [4.69, 9.17) is 0 Å². The Morgan fingerprint density at radius 3 is 2.67 bits per heavy atom. The Morgan fingerprint density at radius 2 is 1.95 bits per heavy atom. The molecule has 21 heavy (non-hydrogen) atoms. The third-order valence-electron chi connectivity index (χ3n) is 4.65. The highest BCUT2D eigenvalue weighted by molar-refractivity contribution is 7.98. The number of piperidine rings is 1. The molecule has 0 N–H and O–H groups in total. The molecule has 0 aliphatic carbocycles. The fraction of sp³-hybridized carbons (Fsp3) is 0.875. The summed E-state index contributed by atoms with van der Waals surface area (Å²) >= 11 is 1.87. The largest absolute Gasteiger partial charge is 0.329 e. The zero-order valence-electron chi connectivity index (χ0n) is 13.3. The van der Waals surface area contributed by atoms with Crippen molar-refractivity contribution in [2.45, 2.75) is 64.0 Å². The molecule has 0 radical (unpaired) electrons. The van der Waals surface area contributed by atoms with Crippen LogP contribution in [0.25, 0.3) is 0 Å². The fourth-order valence-electron chi connectivity index (χ4n) is 3.49. The van der Waals surface area contributed by atoms with Gasteiger partial charge >= 0.3 is 0 Å². The van der Waals surface area contributed by atoms with Crippen LogP contribution in [0.4, 0.5) is 0 Å².